The zero-order valence-corrected chi connectivity index (χ0v) is 12.4. The molecule has 1 N–H and O–H groups in total. The number of hydrogen-bond acceptors (Lipinski definition) is 4. The van der Waals surface area contributed by atoms with Crippen molar-refractivity contribution in [3.8, 4) is 0 Å². The number of nitrogens with one attached hydrogen (secondary N) is 1. The Hall–Kier alpha value is -1.49. The number of ether oxygens (including phenoxy) is 1. The second-order valence-corrected chi connectivity index (χ2v) is 6.02. The monoisotopic (exact) mass is 289 g/mol. The van der Waals surface area contributed by atoms with Gasteiger partial charge in [0.2, 0.25) is 5.91 Å². The van der Waals surface area contributed by atoms with E-state index in [1.54, 1.807) is 6.20 Å². The molecule has 0 radical (unpaired) electrons. The highest BCUT2D eigenvalue weighted by Gasteiger charge is 2.22. The predicted molar refractivity (Wildman–Crippen MR) is 78.6 cm³/mol. The van der Waals surface area contributed by atoms with Gasteiger partial charge in [0.05, 0.1) is 18.8 Å². The molecule has 1 saturated heterocycles. The number of hydrogen-bond donors (Lipinski definition) is 1. The van der Waals surface area contributed by atoms with Crippen LogP contribution in [-0.4, -0.2) is 29.1 Å². The Morgan fingerprint density at radius 3 is 2.90 bits per heavy atom. The fourth-order valence-corrected chi connectivity index (χ4v) is 3.16. The summed E-state index contributed by atoms with van der Waals surface area (Å²) in [7, 11) is 0. The largest absolute Gasteiger partial charge is 0.381 e. The van der Waals surface area contributed by atoms with Crippen LogP contribution >= 0.6 is 0 Å². The molecular weight excluding hydrogens is 266 g/mol. The van der Waals surface area contributed by atoms with E-state index in [2.05, 4.69) is 15.3 Å². The molecule has 0 bridgehead atoms. The van der Waals surface area contributed by atoms with Crippen molar-refractivity contribution in [3.63, 3.8) is 0 Å². The van der Waals surface area contributed by atoms with Gasteiger partial charge >= 0.3 is 0 Å². The first-order valence-electron chi connectivity index (χ1n) is 8.00. The Labute approximate surface area is 125 Å². The maximum absolute atomic E-state index is 12.0. The number of nitrogens with zero attached hydrogens (tertiary/aromatic N) is 2. The molecule has 1 aliphatic heterocycles. The van der Waals surface area contributed by atoms with Crippen LogP contribution in [0.4, 0.5) is 0 Å². The molecule has 0 spiro atoms. The summed E-state index contributed by atoms with van der Waals surface area (Å²) in [6, 6.07) is 1.88. The average molecular weight is 289 g/mol. The van der Waals surface area contributed by atoms with Gasteiger partial charge < -0.3 is 10.1 Å². The quantitative estimate of drug-likeness (QED) is 0.922. The Kier molecular flexibility index (Phi) is 4.80. The lowest BCUT2D eigenvalue weighted by Crippen LogP contribution is -2.29. The highest BCUT2D eigenvalue weighted by atomic mass is 16.5. The minimum atomic E-state index is 0.175. The summed E-state index contributed by atoms with van der Waals surface area (Å²) in [5, 5.41) is 3.01. The van der Waals surface area contributed by atoms with Gasteiger partial charge in [-0.15, -0.1) is 0 Å². The van der Waals surface area contributed by atoms with Crippen LogP contribution in [0.1, 0.15) is 56.0 Å². The van der Waals surface area contributed by atoms with E-state index in [1.165, 1.54) is 12.8 Å². The van der Waals surface area contributed by atoms with Crippen molar-refractivity contribution in [2.75, 3.05) is 13.2 Å². The maximum Gasteiger partial charge on any atom is 0.223 e. The summed E-state index contributed by atoms with van der Waals surface area (Å²) in [5.41, 5.74) is 0.886. The van der Waals surface area contributed by atoms with E-state index < -0.39 is 0 Å². The molecular formula is C16H23N3O2. The van der Waals surface area contributed by atoms with Crippen LogP contribution in [0.25, 0.3) is 0 Å². The SMILES string of the molecule is O=C(NCc1ccnc(C2CCCOC2)n1)C1CCCC1. The maximum atomic E-state index is 12.0. The minimum Gasteiger partial charge on any atom is -0.381 e. The van der Waals surface area contributed by atoms with Gasteiger partial charge in [-0.2, -0.15) is 0 Å². The van der Waals surface area contributed by atoms with E-state index >= 15 is 0 Å². The first-order chi connectivity index (χ1) is 10.3. The zero-order valence-electron chi connectivity index (χ0n) is 12.4. The number of amides is 1. The summed E-state index contributed by atoms with van der Waals surface area (Å²) < 4.78 is 5.49. The van der Waals surface area contributed by atoms with Crippen LogP contribution < -0.4 is 5.32 Å². The van der Waals surface area contributed by atoms with Gasteiger partial charge in [0.15, 0.2) is 0 Å². The van der Waals surface area contributed by atoms with E-state index in [0.717, 1.165) is 43.8 Å². The standard InChI is InChI=1S/C16H23N3O2/c20-16(12-4-1-2-5-12)18-10-14-7-8-17-15(19-14)13-6-3-9-21-11-13/h7-8,12-13H,1-6,9-11H2,(H,18,20). The molecule has 1 atom stereocenters. The zero-order chi connectivity index (χ0) is 14.5. The highest BCUT2D eigenvalue weighted by molar-refractivity contribution is 5.78. The van der Waals surface area contributed by atoms with Crippen molar-refractivity contribution < 1.29 is 9.53 Å². The molecule has 0 aromatic carbocycles. The fourth-order valence-electron chi connectivity index (χ4n) is 3.16. The van der Waals surface area contributed by atoms with Crippen LogP contribution in [0.2, 0.25) is 0 Å². The van der Waals surface area contributed by atoms with Gasteiger partial charge in [0, 0.05) is 24.6 Å². The Morgan fingerprint density at radius 1 is 1.29 bits per heavy atom. The number of carbonyl (C=O) groups excluding carboxylic acids is 1. The third-order valence-electron chi connectivity index (χ3n) is 4.43. The summed E-state index contributed by atoms with van der Waals surface area (Å²) in [5.74, 6) is 1.53. The van der Waals surface area contributed by atoms with E-state index in [-0.39, 0.29) is 11.8 Å². The molecule has 2 fully saturated rings. The average Bonchev–Trinajstić information content (AvgIpc) is 3.08. The summed E-state index contributed by atoms with van der Waals surface area (Å²) in [6.07, 6.45) is 8.35. The lowest BCUT2D eigenvalue weighted by Gasteiger charge is -2.21. The molecule has 1 saturated carbocycles. The lowest BCUT2D eigenvalue weighted by molar-refractivity contribution is -0.124. The molecule has 21 heavy (non-hydrogen) atoms. The third kappa shape index (κ3) is 3.79. The summed E-state index contributed by atoms with van der Waals surface area (Å²) >= 11 is 0. The van der Waals surface area contributed by atoms with Gasteiger partial charge in [0.25, 0.3) is 0 Å². The highest BCUT2D eigenvalue weighted by Crippen LogP contribution is 2.25. The molecule has 1 amide bonds. The van der Waals surface area contributed by atoms with E-state index in [4.69, 9.17) is 4.74 Å². The minimum absolute atomic E-state index is 0.175. The molecule has 114 valence electrons. The van der Waals surface area contributed by atoms with Crippen molar-refractivity contribution in [3.05, 3.63) is 23.8 Å². The van der Waals surface area contributed by atoms with Crippen LogP contribution in [0.3, 0.4) is 0 Å². The molecule has 5 heteroatoms. The van der Waals surface area contributed by atoms with Crippen molar-refractivity contribution in [1.29, 1.82) is 0 Å². The molecule has 2 aliphatic rings. The Balaban J connectivity index is 1.56. The van der Waals surface area contributed by atoms with Gasteiger partial charge in [0.1, 0.15) is 5.82 Å². The summed E-state index contributed by atoms with van der Waals surface area (Å²) in [4.78, 5) is 21.0. The second-order valence-electron chi connectivity index (χ2n) is 6.02. The van der Waals surface area contributed by atoms with Gasteiger partial charge in [-0.25, -0.2) is 9.97 Å². The fraction of sp³-hybridized carbons (Fsp3) is 0.688. The molecule has 5 nitrogen and oxygen atoms in total. The van der Waals surface area contributed by atoms with Gasteiger partial charge in [-0.05, 0) is 31.7 Å². The second kappa shape index (κ2) is 6.98. The van der Waals surface area contributed by atoms with E-state index in [1.807, 2.05) is 6.07 Å². The van der Waals surface area contributed by atoms with Gasteiger partial charge in [-0.1, -0.05) is 12.8 Å². The molecule has 1 unspecified atom stereocenters. The third-order valence-corrected chi connectivity index (χ3v) is 4.43. The first-order valence-corrected chi connectivity index (χ1v) is 8.00. The summed E-state index contributed by atoms with van der Waals surface area (Å²) in [6.45, 7) is 2.05. The topological polar surface area (TPSA) is 64.1 Å². The first kappa shape index (κ1) is 14.4. The van der Waals surface area contributed by atoms with Crippen LogP contribution in [-0.2, 0) is 16.1 Å². The van der Waals surface area contributed by atoms with Crippen LogP contribution in [0, 0.1) is 5.92 Å². The van der Waals surface area contributed by atoms with Crippen molar-refractivity contribution >= 4 is 5.91 Å². The molecule has 3 rings (SSSR count). The van der Waals surface area contributed by atoms with Gasteiger partial charge in [-0.3, -0.25) is 4.79 Å². The number of rotatable bonds is 4. The predicted octanol–water partition coefficient (Wildman–Crippen LogP) is 2.18. The molecule has 2 heterocycles. The number of aromatic nitrogens is 2. The Bertz CT molecular complexity index is 480. The smallest absolute Gasteiger partial charge is 0.223 e. The van der Waals surface area contributed by atoms with E-state index in [9.17, 15) is 4.79 Å². The van der Waals surface area contributed by atoms with Crippen molar-refractivity contribution in [2.24, 2.45) is 5.92 Å². The van der Waals surface area contributed by atoms with E-state index in [0.29, 0.717) is 19.1 Å². The number of carbonyl (C=O) groups is 1. The van der Waals surface area contributed by atoms with Crippen molar-refractivity contribution in [1.82, 2.24) is 15.3 Å². The normalized spacial score (nSPS) is 23.1. The lowest BCUT2D eigenvalue weighted by atomic mass is 10.0. The van der Waals surface area contributed by atoms with Crippen LogP contribution in [0.15, 0.2) is 12.3 Å². The molecule has 1 aliphatic carbocycles. The Morgan fingerprint density at radius 2 is 2.14 bits per heavy atom. The van der Waals surface area contributed by atoms with Crippen molar-refractivity contribution in [2.45, 2.75) is 51.0 Å². The molecule has 1 aromatic heterocycles. The molecule has 1 aromatic rings. The van der Waals surface area contributed by atoms with Crippen LogP contribution in [0.5, 0.6) is 0 Å².